The summed E-state index contributed by atoms with van der Waals surface area (Å²) in [5.41, 5.74) is -0.111. The SMILES string of the molecule is CCc1c(Cl)[nH]c(=O)n(C2CCCSC2)c1=O. The van der Waals surface area contributed by atoms with E-state index in [4.69, 9.17) is 11.6 Å². The summed E-state index contributed by atoms with van der Waals surface area (Å²) in [6.07, 6.45) is 2.47. The molecular weight excluding hydrogens is 260 g/mol. The van der Waals surface area contributed by atoms with E-state index in [-0.39, 0.29) is 22.4 Å². The molecule has 1 aliphatic heterocycles. The number of hydrogen-bond donors (Lipinski definition) is 1. The van der Waals surface area contributed by atoms with Crippen LogP contribution in [0.1, 0.15) is 31.4 Å². The quantitative estimate of drug-likeness (QED) is 0.837. The lowest BCUT2D eigenvalue weighted by Crippen LogP contribution is -2.41. The van der Waals surface area contributed by atoms with Gasteiger partial charge in [-0.1, -0.05) is 18.5 Å². The molecule has 2 heterocycles. The van der Waals surface area contributed by atoms with Crippen molar-refractivity contribution in [3.63, 3.8) is 0 Å². The number of nitrogens with one attached hydrogen (secondary N) is 1. The van der Waals surface area contributed by atoms with Crippen molar-refractivity contribution < 1.29 is 0 Å². The van der Waals surface area contributed by atoms with Gasteiger partial charge in [0.25, 0.3) is 5.56 Å². The Morgan fingerprint density at radius 3 is 2.88 bits per heavy atom. The average Bonchev–Trinajstić information content (AvgIpc) is 2.30. The molecule has 0 bridgehead atoms. The van der Waals surface area contributed by atoms with Crippen molar-refractivity contribution in [2.75, 3.05) is 11.5 Å². The van der Waals surface area contributed by atoms with Gasteiger partial charge in [0.1, 0.15) is 5.15 Å². The lowest BCUT2D eigenvalue weighted by Gasteiger charge is -2.23. The summed E-state index contributed by atoms with van der Waals surface area (Å²) in [5, 5.41) is 0.183. The molecule has 1 N–H and O–H groups in total. The van der Waals surface area contributed by atoms with Crippen molar-refractivity contribution in [3.8, 4) is 0 Å². The van der Waals surface area contributed by atoms with Gasteiger partial charge in [0.2, 0.25) is 0 Å². The molecule has 0 aromatic carbocycles. The van der Waals surface area contributed by atoms with Gasteiger partial charge in [-0.2, -0.15) is 11.8 Å². The van der Waals surface area contributed by atoms with Crippen LogP contribution in [0.2, 0.25) is 5.15 Å². The molecule has 0 spiro atoms. The minimum absolute atomic E-state index is 0.00701. The van der Waals surface area contributed by atoms with Crippen LogP contribution in [0.5, 0.6) is 0 Å². The molecule has 1 fully saturated rings. The van der Waals surface area contributed by atoms with E-state index in [0.29, 0.717) is 12.0 Å². The first kappa shape index (κ1) is 12.8. The lowest BCUT2D eigenvalue weighted by molar-refractivity contribution is 0.462. The van der Waals surface area contributed by atoms with Crippen molar-refractivity contribution >= 4 is 23.4 Å². The Bertz CT molecular complexity index is 517. The summed E-state index contributed by atoms with van der Waals surface area (Å²) in [4.78, 5) is 26.6. The molecule has 1 atom stereocenters. The highest BCUT2D eigenvalue weighted by Crippen LogP contribution is 2.24. The Kier molecular flexibility index (Phi) is 3.99. The molecule has 1 aromatic rings. The Hall–Kier alpha value is -0.680. The molecule has 0 radical (unpaired) electrons. The van der Waals surface area contributed by atoms with Gasteiger partial charge in [-0.3, -0.25) is 14.3 Å². The number of nitrogens with zero attached hydrogens (tertiary/aromatic N) is 1. The number of H-pyrrole nitrogens is 1. The smallest absolute Gasteiger partial charge is 0.297 e. The van der Waals surface area contributed by atoms with Gasteiger partial charge < -0.3 is 0 Å². The third-order valence-corrected chi connectivity index (χ3v) is 4.55. The van der Waals surface area contributed by atoms with Gasteiger partial charge in [-0.25, -0.2) is 4.79 Å². The second-order valence-electron chi connectivity index (χ2n) is 4.12. The molecule has 17 heavy (non-hydrogen) atoms. The first-order valence-electron chi connectivity index (χ1n) is 5.76. The summed E-state index contributed by atoms with van der Waals surface area (Å²) in [6.45, 7) is 1.86. The van der Waals surface area contributed by atoms with Crippen LogP contribution < -0.4 is 11.2 Å². The fourth-order valence-electron chi connectivity index (χ4n) is 2.13. The zero-order chi connectivity index (χ0) is 12.4. The van der Waals surface area contributed by atoms with Crippen LogP contribution >= 0.6 is 23.4 Å². The van der Waals surface area contributed by atoms with Crippen LogP contribution in [-0.4, -0.2) is 21.1 Å². The Morgan fingerprint density at radius 2 is 2.29 bits per heavy atom. The van der Waals surface area contributed by atoms with Crippen LogP contribution in [0.15, 0.2) is 9.59 Å². The van der Waals surface area contributed by atoms with E-state index in [1.165, 1.54) is 4.57 Å². The molecule has 4 nitrogen and oxygen atoms in total. The maximum absolute atomic E-state index is 12.2. The normalized spacial score (nSPS) is 20.5. The Labute approximate surface area is 108 Å². The molecule has 1 saturated heterocycles. The largest absolute Gasteiger partial charge is 0.329 e. The second-order valence-corrected chi connectivity index (χ2v) is 5.65. The van der Waals surface area contributed by atoms with Crippen LogP contribution in [0.25, 0.3) is 0 Å². The van der Waals surface area contributed by atoms with Crippen molar-refractivity contribution in [1.82, 2.24) is 9.55 Å². The third kappa shape index (κ3) is 2.45. The van der Waals surface area contributed by atoms with E-state index < -0.39 is 0 Å². The summed E-state index contributed by atoms with van der Waals surface area (Å²) in [7, 11) is 0. The standard InChI is InChI=1S/C11H15ClN2O2S/c1-2-8-9(12)13-11(16)14(10(8)15)7-4-3-5-17-6-7/h7H,2-6H2,1H3,(H,13,16). The highest BCUT2D eigenvalue weighted by atomic mass is 35.5. The number of aromatic amines is 1. The topological polar surface area (TPSA) is 54.9 Å². The molecule has 1 aromatic heterocycles. The fraction of sp³-hybridized carbons (Fsp3) is 0.636. The summed E-state index contributed by atoms with van der Waals surface area (Å²) >= 11 is 7.66. The van der Waals surface area contributed by atoms with E-state index in [1.54, 1.807) is 11.8 Å². The molecule has 2 rings (SSSR count). The molecule has 94 valence electrons. The van der Waals surface area contributed by atoms with Gasteiger partial charge in [-0.05, 0) is 25.0 Å². The first-order valence-corrected chi connectivity index (χ1v) is 7.29. The maximum Gasteiger partial charge on any atom is 0.329 e. The first-order chi connectivity index (χ1) is 8.15. The Balaban J connectivity index is 2.53. The van der Waals surface area contributed by atoms with Crippen molar-refractivity contribution in [2.45, 2.75) is 32.2 Å². The molecule has 0 amide bonds. The van der Waals surface area contributed by atoms with E-state index >= 15 is 0 Å². The van der Waals surface area contributed by atoms with Crippen molar-refractivity contribution in [1.29, 1.82) is 0 Å². The molecular formula is C11H15ClN2O2S. The van der Waals surface area contributed by atoms with Crippen LogP contribution in [0, 0.1) is 0 Å². The number of rotatable bonds is 2. The van der Waals surface area contributed by atoms with Gasteiger partial charge >= 0.3 is 5.69 Å². The number of thioether (sulfide) groups is 1. The minimum atomic E-state index is -0.385. The van der Waals surface area contributed by atoms with Gasteiger partial charge in [0, 0.05) is 5.75 Å². The molecule has 1 aliphatic rings. The van der Waals surface area contributed by atoms with Gasteiger partial charge in [0.15, 0.2) is 0 Å². The molecule has 0 aliphatic carbocycles. The molecule has 1 unspecified atom stereocenters. The van der Waals surface area contributed by atoms with Gasteiger partial charge in [0.05, 0.1) is 11.6 Å². The number of hydrogen-bond acceptors (Lipinski definition) is 3. The zero-order valence-corrected chi connectivity index (χ0v) is 11.2. The van der Waals surface area contributed by atoms with Crippen LogP contribution in [-0.2, 0) is 6.42 Å². The molecule has 0 saturated carbocycles. The number of halogens is 1. The summed E-state index contributed by atoms with van der Waals surface area (Å²) in [6, 6.07) is 0.00701. The predicted molar refractivity (Wildman–Crippen MR) is 71.3 cm³/mol. The van der Waals surface area contributed by atoms with E-state index in [9.17, 15) is 9.59 Å². The summed E-state index contributed by atoms with van der Waals surface area (Å²) in [5.74, 6) is 1.94. The number of aromatic nitrogens is 2. The zero-order valence-electron chi connectivity index (χ0n) is 9.66. The van der Waals surface area contributed by atoms with Crippen LogP contribution in [0.3, 0.4) is 0 Å². The average molecular weight is 275 g/mol. The van der Waals surface area contributed by atoms with Gasteiger partial charge in [-0.15, -0.1) is 0 Å². The second kappa shape index (κ2) is 5.31. The van der Waals surface area contributed by atoms with Crippen molar-refractivity contribution in [2.24, 2.45) is 0 Å². The van der Waals surface area contributed by atoms with E-state index in [1.807, 2.05) is 6.92 Å². The van der Waals surface area contributed by atoms with Crippen LogP contribution in [0.4, 0.5) is 0 Å². The highest BCUT2D eigenvalue weighted by molar-refractivity contribution is 7.99. The predicted octanol–water partition coefficient (Wildman–Crippen LogP) is 1.82. The maximum atomic E-state index is 12.2. The molecule has 6 heteroatoms. The van der Waals surface area contributed by atoms with Crippen molar-refractivity contribution in [3.05, 3.63) is 31.6 Å². The monoisotopic (exact) mass is 274 g/mol. The summed E-state index contributed by atoms with van der Waals surface area (Å²) < 4.78 is 1.34. The van der Waals surface area contributed by atoms with E-state index in [0.717, 1.165) is 24.3 Å². The third-order valence-electron chi connectivity index (χ3n) is 3.03. The van der Waals surface area contributed by atoms with E-state index in [2.05, 4.69) is 4.98 Å². The fourth-order valence-corrected chi connectivity index (χ4v) is 3.55. The lowest BCUT2D eigenvalue weighted by atomic mass is 10.1. The minimum Gasteiger partial charge on any atom is -0.297 e. The Morgan fingerprint density at radius 1 is 1.53 bits per heavy atom. The highest BCUT2D eigenvalue weighted by Gasteiger charge is 2.21.